The van der Waals surface area contributed by atoms with Crippen molar-refractivity contribution in [1.82, 2.24) is 9.88 Å². The smallest absolute Gasteiger partial charge is 0.410 e. The predicted octanol–water partition coefficient (Wildman–Crippen LogP) is 1.96. The zero-order valence-corrected chi connectivity index (χ0v) is 11.8. The molecule has 0 saturated carbocycles. The van der Waals surface area contributed by atoms with E-state index in [1.54, 1.807) is 17.2 Å². The van der Waals surface area contributed by atoms with E-state index >= 15 is 0 Å². The highest BCUT2D eigenvalue weighted by molar-refractivity contribution is 5.71. The van der Waals surface area contributed by atoms with Gasteiger partial charge in [0.15, 0.2) is 0 Å². The molecule has 20 heavy (non-hydrogen) atoms. The van der Waals surface area contributed by atoms with Crippen LogP contribution in [0.25, 0.3) is 0 Å². The fourth-order valence-corrected chi connectivity index (χ4v) is 2.04. The fraction of sp³-hybridized carbons (Fsp3) is 0.500. The second-order valence-electron chi connectivity index (χ2n) is 5.86. The Hall–Kier alpha value is -2.11. The Bertz CT molecular complexity index is 549. The maximum absolute atomic E-state index is 12.0. The standard InChI is InChI=1S/C14H18N2O4/c1-14(2,3)20-13(19)16-7-10-4-9(5-12(17)18)6-15-11(10)8-16/h4,6H,5,7-8H2,1-3H3,(H,17,18). The largest absolute Gasteiger partial charge is 0.481 e. The molecule has 2 heterocycles. The summed E-state index contributed by atoms with van der Waals surface area (Å²) < 4.78 is 5.31. The highest BCUT2D eigenvalue weighted by atomic mass is 16.6. The molecule has 6 nitrogen and oxygen atoms in total. The maximum atomic E-state index is 12.0. The number of carboxylic acid groups (broad SMARTS) is 1. The van der Waals surface area contributed by atoms with E-state index in [9.17, 15) is 9.59 Å². The number of hydrogen-bond donors (Lipinski definition) is 1. The number of aromatic nitrogens is 1. The number of nitrogens with zero attached hydrogens (tertiary/aromatic N) is 2. The van der Waals surface area contributed by atoms with Crippen LogP contribution in [0.15, 0.2) is 12.3 Å². The summed E-state index contributed by atoms with van der Waals surface area (Å²) in [4.78, 5) is 28.5. The molecule has 1 amide bonds. The van der Waals surface area contributed by atoms with Gasteiger partial charge in [0.2, 0.25) is 0 Å². The van der Waals surface area contributed by atoms with Gasteiger partial charge in [-0.2, -0.15) is 0 Å². The van der Waals surface area contributed by atoms with Crippen molar-refractivity contribution in [2.24, 2.45) is 0 Å². The van der Waals surface area contributed by atoms with Crippen LogP contribution in [0.1, 0.15) is 37.6 Å². The molecule has 6 heteroatoms. The normalized spacial score (nSPS) is 14.1. The van der Waals surface area contributed by atoms with E-state index < -0.39 is 11.6 Å². The van der Waals surface area contributed by atoms with Gasteiger partial charge in [-0.25, -0.2) is 4.79 Å². The van der Waals surface area contributed by atoms with E-state index in [-0.39, 0.29) is 12.5 Å². The number of fused-ring (bicyclic) bond motifs is 1. The molecule has 2 rings (SSSR count). The summed E-state index contributed by atoms with van der Waals surface area (Å²) in [5, 5.41) is 8.77. The average Bonchev–Trinajstić information content (AvgIpc) is 2.68. The Morgan fingerprint density at radius 2 is 2.10 bits per heavy atom. The number of rotatable bonds is 2. The van der Waals surface area contributed by atoms with Gasteiger partial charge in [0.1, 0.15) is 5.60 Å². The summed E-state index contributed by atoms with van der Waals surface area (Å²) in [5.74, 6) is -0.895. The lowest BCUT2D eigenvalue weighted by Gasteiger charge is -2.23. The first-order valence-electron chi connectivity index (χ1n) is 6.41. The Labute approximate surface area is 117 Å². The minimum atomic E-state index is -0.895. The van der Waals surface area contributed by atoms with E-state index in [0.717, 1.165) is 11.3 Å². The van der Waals surface area contributed by atoms with Gasteiger partial charge in [-0.05, 0) is 31.9 Å². The first-order chi connectivity index (χ1) is 9.24. The lowest BCUT2D eigenvalue weighted by atomic mass is 10.1. The van der Waals surface area contributed by atoms with E-state index in [0.29, 0.717) is 18.7 Å². The number of carbonyl (C=O) groups excluding carboxylic acids is 1. The summed E-state index contributed by atoms with van der Waals surface area (Å²) in [7, 11) is 0. The fourth-order valence-electron chi connectivity index (χ4n) is 2.04. The molecule has 0 unspecified atom stereocenters. The number of amides is 1. The van der Waals surface area contributed by atoms with Crippen LogP contribution in [-0.2, 0) is 29.0 Å². The number of carbonyl (C=O) groups is 2. The number of ether oxygens (including phenoxy) is 1. The van der Waals surface area contributed by atoms with Gasteiger partial charge in [-0.1, -0.05) is 6.07 Å². The lowest BCUT2D eigenvalue weighted by molar-refractivity contribution is -0.136. The van der Waals surface area contributed by atoms with Crippen molar-refractivity contribution in [1.29, 1.82) is 0 Å². The molecule has 1 aliphatic heterocycles. The van der Waals surface area contributed by atoms with Gasteiger partial charge in [-0.15, -0.1) is 0 Å². The van der Waals surface area contributed by atoms with E-state index in [2.05, 4.69) is 4.98 Å². The van der Waals surface area contributed by atoms with Gasteiger partial charge < -0.3 is 9.84 Å². The van der Waals surface area contributed by atoms with Crippen LogP contribution in [0, 0.1) is 0 Å². The molecule has 108 valence electrons. The molecule has 0 atom stereocenters. The van der Waals surface area contributed by atoms with E-state index in [4.69, 9.17) is 9.84 Å². The molecule has 0 spiro atoms. The molecule has 0 fully saturated rings. The highest BCUT2D eigenvalue weighted by Crippen LogP contribution is 2.24. The van der Waals surface area contributed by atoms with E-state index in [1.807, 2.05) is 20.8 Å². The van der Waals surface area contributed by atoms with Gasteiger partial charge in [0, 0.05) is 6.20 Å². The molecule has 0 bridgehead atoms. The van der Waals surface area contributed by atoms with Crippen LogP contribution in [0.2, 0.25) is 0 Å². The van der Waals surface area contributed by atoms with Crippen molar-refractivity contribution in [3.63, 3.8) is 0 Å². The molecule has 0 radical (unpaired) electrons. The minimum absolute atomic E-state index is 0.0628. The zero-order valence-electron chi connectivity index (χ0n) is 11.8. The van der Waals surface area contributed by atoms with Crippen molar-refractivity contribution in [3.05, 3.63) is 29.1 Å². The summed E-state index contributed by atoms with van der Waals surface area (Å²) in [6, 6.07) is 1.79. The van der Waals surface area contributed by atoms with Gasteiger partial charge in [0.25, 0.3) is 0 Å². The lowest BCUT2D eigenvalue weighted by Crippen LogP contribution is -2.33. The average molecular weight is 278 g/mol. The molecule has 1 aromatic rings. The van der Waals surface area contributed by atoms with Gasteiger partial charge >= 0.3 is 12.1 Å². The van der Waals surface area contributed by atoms with Crippen molar-refractivity contribution in [2.45, 2.75) is 45.9 Å². The Kier molecular flexibility index (Phi) is 3.65. The molecular formula is C14H18N2O4. The first kappa shape index (κ1) is 14.3. The third kappa shape index (κ3) is 3.46. The Balaban J connectivity index is 2.07. The number of aliphatic carboxylic acids is 1. The van der Waals surface area contributed by atoms with Crippen molar-refractivity contribution in [3.8, 4) is 0 Å². The first-order valence-corrected chi connectivity index (χ1v) is 6.41. The van der Waals surface area contributed by atoms with Crippen LogP contribution in [-0.4, -0.2) is 32.7 Å². The molecule has 1 N–H and O–H groups in total. The van der Waals surface area contributed by atoms with Crippen LogP contribution < -0.4 is 0 Å². The molecule has 0 aliphatic carbocycles. The molecule has 0 aromatic carbocycles. The zero-order chi connectivity index (χ0) is 14.9. The van der Waals surface area contributed by atoms with Crippen LogP contribution in [0.4, 0.5) is 4.79 Å². The quantitative estimate of drug-likeness (QED) is 0.894. The summed E-state index contributed by atoms with van der Waals surface area (Å²) in [5.41, 5.74) is 1.79. The summed E-state index contributed by atoms with van der Waals surface area (Å²) in [6.07, 6.45) is 1.11. The Morgan fingerprint density at radius 1 is 1.40 bits per heavy atom. The highest BCUT2D eigenvalue weighted by Gasteiger charge is 2.28. The van der Waals surface area contributed by atoms with Crippen LogP contribution in [0.5, 0.6) is 0 Å². The molecular weight excluding hydrogens is 260 g/mol. The molecule has 0 saturated heterocycles. The molecule has 1 aliphatic rings. The van der Waals surface area contributed by atoms with Crippen molar-refractivity contribution in [2.75, 3.05) is 0 Å². The van der Waals surface area contributed by atoms with Gasteiger partial charge in [-0.3, -0.25) is 14.7 Å². The van der Waals surface area contributed by atoms with Gasteiger partial charge in [0.05, 0.1) is 25.2 Å². The topological polar surface area (TPSA) is 79.7 Å². The Morgan fingerprint density at radius 3 is 2.70 bits per heavy atom. The van der Waals surface area contributed by atoms with Crippen LogP contribution in [0.3, 0.4) is 0 Å². The maximum Gasteiger partial charge on any atom is 0.410 e. The van der Waals surface area contributed by atoms with Crippen molar-refractivity contribution >= 4 is 12.1 Å². The summed E-state index contributed by atoms with van der Waals surface area (Å²) >= 11 is 0. The monoisotopic (exact) mass is 278 g/mol. The summed E-state index contributed by atoms with van der Waals surface area (Å²) in [6.45, 7) is 6.26. The number of hydrogen-bond acceptors (Lipinski definition) is 4. The third-order valence-electron chi connectivity index (χ3n) is 2.83. The second kappa shape index (κ2) is 5.11. The second-order valence-corrected chi connectivity index (χ2v) is 5.86. The molecule has 1 aromatic heterocycles. The number of carboxylic acids is 1. The number of pyridine rings is 1. The van der Waals surface area contributed by atoms with Crippen LogP contribution >= 0.6 is 0 Å². The SMILES string of the molecule is CC(C)(C)OC(=O)N1Cc2cc(CC(=O)O)cnc2C1. The third-order valence-corrected chi connectivity index (χ3v) is 2.83. The minimum Gasteiger partial charge on any atom is -0.481 e. The van der Waals surface area contributed by atoms with Crippen molar-refractivity contribution < 1.29 is 19.4 Å². The predicted molar refractivity (Wildman–Crippen MR) is 71.1 cm³/mol. The van der Waals surface area contributed by atoms with E-state index in [1.165, 1.54) is 0 Å².